The minimum absolute atomic E-state index is 0.0994. The zero-order chi connectivity index (χ0) is 10.7. The first-order valence-corrected chi connectivity index (χ1v) is 5.13. The molecule has 80 valence electrons. The first kappa shape index (κ1) is 10.1. The smallest absolute Gasteiger partial charge is 0.303 e. The summed E-state index contributed by atoms with van der Waals surface area (Å²) in [5.41, 5.74) is 0.946. The lowest BCUT2D eigenvalue weighted by Crippen LogP contribution is -2.20. The number of nitrogens with zero attached hydrogens (tertiary/aromatic N) is 1. The molecule has 1 aliphatic heterocycles. The minimum Gasteiger partial charge on any atom is -0.481 e. The highest BCUT2D eigenvalue weighted by Gasteiger charge is 2.30. The molecule has 0 aromatic carbocycles. The molecule has 2 atom stereocenters. The van der Waals surface area contributed by atoms with Crippen LogP contribution in [0.4, 0.5) is 0 Å². The number of nitrogens with one attached hydrogen (secondary N) is 1. The van der Waals surface area contributed by atoms with Crippen LogP contribution >= 0.6 is 0 Å². The third kappa shape index (κ3) is 2.33. The van der Waals surface area contributed by atoms with Crippen molar-refractivity contribution in [2.24, 2.45) is 5.92 Å². The Kier molecular flexibility index (Phi) is 2.97. The summed E-state index contributed by atoms with van der Waals surface area (Å²) in [5.74, 6) is -0.568. The van der Waals surface area contributed by atoms with Crippen LogP contribution < -0.4 is 5.32 Å². The number of carboxylic acid groups (broad SMARTS) is 1. The fourth-order valence-electron chi connectivity index (χ4n) is 2.11. The lowest BCUT2D eigenvalue weighted by atomic mass is 9.94. The topological polar surface area (TPSA) is 62.2 Å². The fraction of sp³-hybridized carbons (Fsp3) is 0.455. The number of hydrogen-bond acceptors (Lipinski definition) is 3. The zero-order valence-corrected chi connectivity index (χ0v) is 8.39. The van der Waals surface area contributed by atoms with E-state index in [1.807, 2.05) is 18.2 Å². The van der Waals surface area contributed by atoms with Crippen LogP contribution in [0.5, 0.6) is 0 Å². The molecule has 1 saturated heterocycles. The van der Waals surface area contributed by atoms with E-state index in [-0.39, 0.29) is 18.4 Å². The van der Waals surface area contributed by atoms with Gasteiger partial charge in [-0.15, -0.1) is 0 Å². The molecule has 1 fully saturated rings. The molecular formula is C11H14N2O2. The van der Waals surface area contributed by atoms with Crippen LogP contribution in [0.1, 0.15) is 24.6 Å². The van der Waals surface area contributed by atoms with Crippen LogP contribution in [0, 0.1) is 5.92 Å². The number of aromatic nitrogens is 1. The molecule has 2 heterocycles. The Labute approximate surface area is 88.3 Å². The van der Waals surface area contributed by atoms with Gasteiger partial charge in [0.2, 0.25) is 0 Å². The van der Waals surface area contributed by atoms with Crippen LogP contribution in [0.2, 0.25) is 0 Å². The minimum atomic E-state index is -0.732. The van der Waals surface area contributed by atoms with Crippen LogP contribution in [0.3, 0.4) is 0 Å². The van der Waals surface area contributed by atoms with Crippen molar-refractivity contribution in [3.63, 3.8) is 0 Å². The van der Waals surface area contributed by atoms with E-state index in [1.54, 1.807) is 6.20 Å². The summed E-state index contributed by atoms with van der Waals surface area (Å²) >= 11 is 0. The monoisotopic (exact) mass is 206 g/mol. The Hall–Kier alpha value is -1.42. The van der Waals surface area contributed by atoms with Gasteiger partial charge in [-0.05, 0) is 31.0 Å². The molecule has 0 aliphatic carbocycles. The predicted octanol–water partition coefficient (Wildman–Crippen LogP) is 1.21. The second kappa shape index (κ2) is 4.40. The summed E-state index contributed by atoms with van der Waals surface area (Å²) in [7, 11) is 0. The van der Waals surface area contributed by atoms with Crippen molar-refractivity contribution in [1.29, 1.82) is 0 Å². The van der Waals surface area contributed by atoms with Gasteiger partial charge in [0.05, 0.1) is 18.2 Å². The van der Waals surface area contributed by atoms with Crippen molar-refractivity contribution < 1.29 is 9.90 Å². The second-order valence-electron chi connectivity index (χ2n) is 3.83. The Morgan fingerprint density at radius 2 is 2.47 bits per heavy atom. The van der Waals surface area contributed by atoms with Crippen molar-refractivity contribution in [1.82, 2.24) is 10.3 Å². The Balaban J connectivity index is 2.11. The number of pyridine rings is 1. The average Bonchev–Trinajstić information content (AvgIpc) is 2.66. The van der Waals surface area contributed by atoms with Crippen molar-refractivity contribution in [2.45, 2.75) is 18.9 Å². The molecule has 0 radical (unpaired) electrons. The summed E-state index contributed by atoms with van der Waals surface area (Å²) in [4.78, 5) is 14.9. The molecule has 1 aromatic heterocycles. The van der Waals surface area contributed by atoms with Gasteiger partial charge in [-0.1, -0.05) is 6.07 Å². The molecule has 0 bridgehead atoms. The van der Waals surface area contributed by atoms with Gasteiger partial charge in [-0.3, -0.25) is 9.78 Å². The molecule has 0 unspecified atom stereocenters. The Bertz CT molecular complexity index is 340. The largest absolute Gasteiger partial charge is 0.481 e. The number of rotatable bonds is 3. The number of hydrogen-bond donors (Lipinski definition) is 2. The van der Waals surface area contributed by atoms with E-state index in [2.05, 4.69) is 10.3 Å². The molecule has 0 spiro atoms. The van der Waals surface area contributed by atoms with Crippen molar-refractivity contribution in [2.75, 3.05) is 6.54 Å². The number of aliphatic carboxylic acids is 1. The van der Waals surface area contributed by atoms with E-state index in [0.29, 0.717) is 0 Å². The fourth-order valence-corrected chi connectivity index (χ4v) is 2.11. The summed E-state index contributed by atoms with van der Waals surface area (Å²) in [6, 6.07) is 5.84. The molecule has 0 saturated carbocycles. The van der Waals surface area contributed by atoms with E-state index < -0.39 is 5.97 Å². The van der Waals surface area contributed by atoms with E-state index in [0.717, 1.165) is 18.7 Å². The molecule has 1 aromatic rings. The van der Waals surface area contributed by atoms with Crippen LogP contribution in [0.15, 0.2) is 24.4 Å². The number of carboxylic acids is 1. The lowest BCUT2D eigenvalue weighted by Gasteiger charge is -2.16. The van der Waals surface area contributed by atoms with E-state index in [1.165, 1.54) is 0 Å². The van der Waals surface area contributed by atoms with Gasteiger partial charge in [0.1, 0.15) is 0 Å². The van der Waals surface area contributed by atoms with E-state index in [4.69, 9.17) is 5.11 Å². The van der Waals surface area contributed by atoms with Crippen LogP contribution in [-0.4, -0.2) is 22.6 Å². The maximum Gasteiger partial charge on any atom is 0.303 e. The first-order chi connectivity index (χ1) is 7.27. The van der Waals surface area contributed by atoms with Gasteiger partial charge in [-0.25, -0.2) is 0 Å². The lowest BCUT2D eigenvalue weighted by molar-refractivity contribution is -0.138. The molecule has 4 nitrogen and oxygen atoms in total. The van der Waals surface area contributed by atoms with E-state index >= 15 is 0 Å². The standard InChI is InChI=1S/C11H14N2O2/c14-10(15)7-8-4-6-13-11(8)9-3-1-2-5-12-9/h1-3,5,8,11,13H,4,6-7H2,(H,14,15)/t8-,11+/m0/s1. The molecule has 15 heavy (non-hydrogen) atoms. The molecule has 0 amide bonds. The Morgan fingerprint density at radius 1 is 1.60 bits per heavy atom. The molecular weight excluding hydrogens is 192 g/mol. The van der Waals surface area contributed by atoms with Gasteiger partial charge in [0.15, 0.2) is 0 Å². The molecule has 1 aliphatic rings. The maximum atomic E-state index is 10.7. The maximum absolute atomic E-state index is 10.7. The quantitative estimate of drug-likeness (QED) is 0.780. The van der Waals surface area contributed by atoms with Crippen LogP contribution in [0.25, 0.3) is 0 Å². The van der Waals surface area contributed by atoms with Crippen molar-refractivity contribution in [3.8, 4) is 0 Å². The Morgan fingerprint density at radius 3 is 3.13 bits per heavy atom. The van der Waals surface area contributed by atoms with Crippen molar-refractivity contribution >= 4 is 5.97 Å². The van der Waals surface area contributed by atoms with Gasteiger partial charge in [0, 0.05) is 6.20 Å². The highest BCUT2D eigenvalue weighted by Crippen LogP contribution is 2.30. The number of carbonyl (C=O) groups is 1. The summed E-state index contributed by atoms with van der Waals surface area (Å²) in [6.07, 6.45) is 2.87. The molecule has 2 rings (SSSR count). The highest BCUT2D eigenvalue weighted by atomic mass is 16.4. The summed E-state index contributed by atoms with van der Waals surface area (Å²) < 4.78 is 0. The predicted molar refractivity (Wildman–Crippen MR) is 55.3 cm³/mol. The van der Waals surface area contributed by atoms with E-state index in [9.17, 15) is 4.79 Å². The highest BCUT2D eigenvalue weighted by molar-refractivity contribution is 5.67. The SMILES string of the molecule is O=C(O)C[C@@H]1CCN[C@H]1c1ccccn1. The van der Waals surface area contributed by atoms with Gasteiger partial charge in [-0.2, -0.15) is 0 Å². The van der Waals surface area contributed by atoms with Crippen LogP contribution in [-0.2, 0) is 4.79 Å². The van der Waals surface area contributed by atoms with Gasteiger partial charge < -0.3 is 10.4 Å². The summed E-state index contributed by atoms with van der Waals surface area (Å²) in [5, 5.41) is 12.1. The second-order valence-corrected chi connectivity index (χ2v) is 3.83. The summed E-state index contributed by atoms with van der Waals surface area (Å²) in [6.45, 7) is 0.874. The third-order valence-electron chi connectivity index (χ3n) is 2.79. The first-order valence-electron chi connectivity index (χ1n) is 5.13. The normalized spacial score (nSPS) is 25.3. The van der Waals surface area contributed by atoms with Gasteiger partial charge >= 0.3 is 5.97 Å². The third-order valence-corrected chi connectivity index (χ3v) is 2.79. The van der Waals surface area contributed by atoms with Gasteiger partial charge in [0.25, 0.3) is 0 Å². The average molecular weight is 206 g/mol. The molecule has 2 N–H and O–H groups in total. The van der Waals surface area contributed by atoms with Crippen molar-refractivity contribution in [3.05, 3.63) is 30.1 Å². The molecule has 4 heteroatoms. The zero-order valence-electron chi connectivity index (χ0n) is 8.39.